The van der Waals surface area contributed by atoms with Crippen molar-refractivity contribution in [1.82, 2.24) is 4.72 Å². The molecular weight excluding hydrogens is 158 g/mol. The molecule has 1 aromatic carbocycles. The summed E-state index contributed by atoms with van der Waals surface area (Å²) < 4.78 is 13.8. The fourth-order valence-electron chi connectivity index (χ4n) is 0.780. The zero-order chi connectivity index (χ0) is 8.27. The Morgan fingerprint density at radius 1 is 1.27 bits per heavy atom. The van der Waals surface area contributed by atoms with Crippen LogP contribution in [0.4, 0.5) is 0 Å². The van der Waals surface area contributed by atoms with Crippen LogP contribution in [0.25, 0.3) is 0 Å². The highest BCUT2D eigenvalue weighted by Crippen LogP contribution is 2.05. The van der Waals surface area contributed by atoms with E-state index in [2.05, 4.69) is 4.72 Å². The largest absolute Gasteiger partial charge is 0.238 e. The molecule has 0 saturated heterocycles. The highest BCUT2D eigenvalue weighted by atomic mass is 32.2. The second-order valence-electron chi connectivity index (χ2n) is 2.29. The van der Waals surface area contributed by atoms with Crippen LogP contribution in [-0.2, 0) is 11.0 Å². The molecule has 11 heavy (non-hydrogen) atoms. The maximum atomic E-state index is 11.1. The maximum absolute atomic E-state index is 11.1. The third-order valence-corrected chi connectivity index (χ3v) is 2.49. The summed E-state index contributed by atoms with van der Waals surface area (Å²) in [5, 5.41) is 0. The van der Waals surface area contributed by atoms with Crippen molar-refractivity contribution >= 4 is 11.0 Å². The van der Waals surface area contributed by atoms with Crippen LogP contribution < -0.4 is 4.72 Å². The Kier molecular flexibility index (Phi) is 2.79. The molecule has 0 aromatic heterocycles. The average Bonchev–Trinajstić information content (AvgIpc) is 2.05. The molecule has 1 atom stereocenters. The lowest BCUT2D eigenvalue weighted by molar-refractivity contribution is 0.678. The molecule has 60 valence electrons. The minimum Gasteiger partial charge on any atom is -0.238 e. The molecule has 0 amide bonds. The Morgan fingerprint density at radius 3 is 2.27 bits per heavy atom. The number of aryl methyl sites for hydroxylation is 1. The van der Waals surface area contributed by atoms with Crippen molar-refractivity contribution in [2.75, 3.05) is 7.05 Å². The smallest absolute Gasteiger partial charge is 0.124 e. The van der Waals surface area contributed by atoms with E-state index in [1.807, 2.05) is 31.2 Å². The molecular formula is C8H11NOS. The van der Waals surface area contributed by atoms with Crippen molar-refractivity contribution in [2.24, 2.45) is 0 Å². The first-order valence-corrected chi connectivity index (χ1v) is 4.55. The van der Waals surface area contributed by atoms with Gasteiger partial charge in [-0.05, 0) is 26.1 Å². The van der Waals surface area contributed by atoms with E-state index in [9.17, 15) is 4.21 Å². The Bertz CT molecular complexity index is 255. The van der Waals surface area contributed by atoms with Crippen LogP contribution in [0.3, 0.4) is 0 Å². The van der Waals surface area contributed by atoms with Gasteiger partial charge in [0.15, 0.2) is 0 Å². The maximum Gasteiger partial charge on any atom is 0.124 e. The molecule has 0 aliphatic rings. The van der Waals surface area contributed by atoms with Gasteiger partial charge in [-0.25, -0.2) is 8.93 Å². The Hall–Kier alpha value is -0.670. The van der Waals surface area contributed by atoms with E-state index in [0.717, 1.165) is 4.90 Å². The molecule has 0 aliphatic carbocycles. The molecule has 1 rings (SSSR count). The summed E-state index contributed by atoms with van der Waals surface area (Å²) in [7, 11) is 0.628. The molecule has 1 unspecified atom stereocenters. The summed E-state index contributed by atoms with van der Waals surface area (Å²) in [5.41, 5.74) is 1.18. The SMILES string of the molecule is CNS(=O)c1ccc(C)cc1. The van der Waals surface area contributed by atoms with E-state index in [-0.39, 0.29) is 0 Å². The first kappa shape index (κ1) is 8.43. The number of hydrogen-bond acceptors (Lipinski definition) is 1. The summed E-state index contributed by atoms with van der Waals surface area (Å²) >= 11 is 0. The van der Waals surface area contributed by atoms with E-state index in [1.165, 1.54) is 5.56 Å². The van der Waals surface area contributed by atoms with Crippen molar-refractivity contribution < 1.29 is 4.21 Å². The van der Waals surface area contributed by atoms with Gasteiger partial charge >= 0.3 is 0 Å². The number of rotatable bonds is 2. The normalized spacial score (nSPS) is 12.9. The van der Waals surface area contributed by atoms with Gasteiger partial charge in [-0.3, -0.25) is 0 Å². The molecule has 0 heterocycles. The number of hydrogen-bond donors (Lipinski definition) is 1. The number of nitrogens with one attached hydrogen (secondary N) is 1. The lowest BCUT2D eigenvalue weighted by Crippen LogP contribution is -2.10. The zero-order valence-electron chi connectivity index (χ0n) is 6.63. The van der Waals surface area contributed by atoms with Crippen LogP contribution in [-0.4, -0.2) is 11.3 Å². The van der Waals surface area contributed by atoms with E-state index < -0.39 is 11.0 Å². The van der Waals surface area contributed by atoms with Gasteiger partial charge in [0.2, 0.25) is 0 Å². The van der Waals surface area contributed by atoms with Crippen LogP contribution in [0.5, 0.6) is 0 Å². The molecule has 0 radical (unpaired) electrons. The highest BCUT2D eigenvalue weighted by molar-refractivity contribution is 7.83. The van der Waals surface area contributed by atoms with Gasteiger partial charge in [0.1, 0.15) is 11.0 Å². The molecule has 0 bridgehead atoms. The lowest BCUT2D eigenvalue weighted by atomic mass is 10.2. The summed E-state index contributed by atoms with van der Waals surface area (Å²) in [6.07, 6.45) is 0. The summed E-state index contributed by atoms with van der Waals surface area (Å²) in [6.45, 7) is 2.01. The van der Waals surface area contributed by atoms with Crippen molar-refractivity contribution in [3.05, 3.63) is 29.8 Å². The fourth-order valence-corrected chi connectivity index (χ4v) is 1.40. The fraction of sp³-hybridized carbons (Fsp3) is 0.250. The topological polar surface area (TPSA) is 29.1 Å². The second-order valence-corrected chi connectivity index (χ2v) is 3.70. The first-order chi connectivity index (χ1) is 5.24. The predicted octanol–water partition coefficient (Wildman–Crippen LogP) is 1.24. The standard InChI is InChI=1S/C8H11NOS/c1-7-3-5-8(6-4-7)11(10)9-2/h3-6,9H,1-2H3. The van der Waals surface area contributed by atoms with Crippen LogP contribution in [0.1, 0.15) is 5.56 Å². The van der Waals surface area contributed by atoms with E-state index in [0.29, 0.717) is 0 Å². The van der Waals surface area contributed by atoms with Crippen molar-refractivity contribution in [1.29, 1.82) is 0 Å². The van der Waals surface area contributed by atoms with Gasteiger partial charge in [0.25, 0.3) is 0 Å². The molecule has 1 N–H and O–H groups in total. The van der Waals surface area contributed by atoms with Crippen LogP contribution >= 0.6 is 0 Å². The van der Waals surface area contributed by atoms with Crippen molar-refractivity contribution in [2.45, 2.75) is 11.8 Å². The molecule has 0 saturated carbocycles. The lowest BCUT2D eigenvalue weighted by Gasteiger charge is -1.98. The van der Waals surface area contributed by atoms with Gasteiger partial charge < -0.3 is 0 Å². The van der Waals surface area contributed by atoms with Crippen LogP contribution in [0.15, 0.2) is 29.2 Å². The highest BCUT2D eigenvalue weighted by Gasteiger charge is 1.97. The van der Waals surface area contributed by atoms with Crippen LogP contribution in [0.2, 0.25) is 0 Å². The van der Waals surface area contributed by atoms with Gasteiger partial charge in [0, 0.05) is 0 Å². The Morgan fingerprint density at radius 2 is 1.82 bits per heavy atom. The third kappa shape index (κ3) is 2.13. The summed E-state index contributed by atoms with van der Waals surface area (Å²) in [5.74, 6) is 0. The van der Waals surface area contributed by atoms with Gasteiger partial charge in [-0.15, -0.1) is 0 Å². The molecule has 2 nitrogen and oxygen atoms in total. The average molecular weight is 169 g/mol. The minimum absolute atomic E-state index is 0.818. The Balaban J connectivity index is 2.90. The predicted molar refractivity (Wildman–Crippen MR) is 46.6 cm³/mol. The van der Waals surface area contributed by atoms with Crippen molar-refractivity contribution in [3.8, 4) is 0 Å². The zero-order valence-corrected chi connectivity index (χ0v) is 7.44. The second kappa shape index (κ2) is 3.64. The van der Waals surface area contributed by atoms with E-state index in [4.69, 9.17) is 0 Å². The molecule has 0 spiro atoms. The first-order valence-electron chi connectivity index (χ1n) is 3.40. The van der Waals surface area contributed by atoms with Gasteiger partial charge in [-0.1, -0.05) is 17.7 Å². The number of benzene rings is 1. The van der Waals surface area contributed by atoms with Crippen LogP contribution in [0, 0.1) is 6.92 Å². The molecule has 0 fully saturated rings. The minimum atomic E-state index is -1.05. The third-order valence-electron chi connectivity index (χ3n) is 1.42. The summed E-state index contributed by atoms with van der Waals surface area (Å²) in [6, 6.07) is 7.62. The molecule has 1 aromatic rings. The van der Waals surface area contributed by atoms with E-state index in [1.54, 1.807) is 7.05 Å². The summed E-state index contributed by atoms with van der Waals surface area (Å²) in [4.78, 5) is 0.818. The van der Waals surface area contributed by atoms with Gasteiger partial charge in [-0.2, -0.15) is 0 Å². The van der Waals surface area contributed by atoms with E-state index >= 15 is 0 Å². The molecule has 3 heteroatoms. The van der Waals surface area contributed by atoms with Crippen molar-refractivity contribution in [3.63, 3.8) is 0 Å². The quantitative estimate of drug-likeness (QED) is 0.709. The Labute approximate surface area is 69.2 Å². The monoisotopic (exact) mass is 169 g/mol. The molecule has 0 aliphatic heterocycles. The van der Waals surface area contributed by atoms with Gasteiger partial charge in [0.05, 0.1) is 4.90 Å².